The minimum Gasteiger partial charge on any atom is -0.466 e. The van der Waals surface area contributed by atoms with Crippen LogP contribution in [-0.2, 0) is 11.3 Å². The maximum absolute atomic E-state index is 10.2. The molecule has 35 heavy (non-hydrogen) atoms. The minimum absolute atomic E-state index is 0.205. The zero-order valence-electron chi connectivity index (χ0n) is 19.3. The monoisotopic (exact) mass is 474 g/mol. The van der Waals surface area contributed by atoms with Gasteiger partial charge in [-0.05, 0) is 48.0 Å². The van der Waals surface area contributed by atoms with Gasteiger partial charge in [-0.3, -0.25) is 0 Å². The molecule has 0 aliphatic carbocycles. The molecule has 0 bridgehead atoms. The summed E-state index contributed by atoms with van der Waals surface area (Å²) in [5, 5.41) is 17.9. The second-order valence-corrected chi connectivity index (χ2v) is 7.98. The number of methoxy groups -OCH3 is 1. The first-order valence-electron chi connectivity index (χ1n) is 11.2. The molecule has 9 nitrogen and oxygen atoms in total. The average molecular weight is 475 g/mol. The van der Waals surface area contributed by atoms with Crippen LogP contribution in [0.5, 0.6) is 17.5 Å². The van der Waals surface area contributed by atoms with Gasteiger partial charge in [0.05, 0.1) is 32.1 Å². The fourth-order valence-electron chi connectivity index (χ4n) is 3.68. The Balaban J connectivity index is 1.22. The Morgan fingerprint density at radius 2 is 1.83 bits per heavy atom. The second-order valence-electron chi connectivity index (χ2n) is 7.98. The lowest BCUT2D eigenvalue weighted by Crippen LogP contribution is -2.24. The summed E-state index contributed by atoms with van der Waals surface area (Å²) in [5.74, 6) is 1.99. The van der Waals surface area contributed by atoms with Crippen LogP contribution in [0.1, 0.15) is 5.56 Å². The molecule has 9 heteroatoms. The van der Waals surface area contributed by atoms with Crippen LogP contribution in [0, 0.1) is 0 Å². The summed E-state index contributed by atoms with van der Waals surface area (Å²) in [4.78, 5) is 4.50. The number of hydrogen-bond acceptors (Lipinski definition) is 8. The first kappa shape index (κ1) is 22.7. The Morgan fingerprint density at radius 1 is 1.03 bits per heavy atom. The number of nitrogens with zero attached hydrogens (tertiary/aromatic N) is 3. The van der Waals surface area contributed by atoms with E-state index in [4.69, 9.17) is 18.9 Å². The first-order valence-corrected chi connectivity index (χ1v) is 11.2. The van der Waals surface area contributed by atoms with E-state index in [1.807, 2.05) is 72.8 Å². The van der Waals surface area contributed by atoms with Crippen LogP contribution in [-0.4, -0.2) is 53.0 Å². The SMILES string of the molecule is COc1nc(-c2ccc3c(c2)OCO3)n(-c2ccc(NCC(O)COCc3ccccc3)cc2)n1. The molecule has 1 aliphatic heterocycles. The van der Waals surface area contributed by atoms with Gasteiger partial charge in [0.2, 0.25) is 6.79 Å². The molecule has 1 atom stereocenters. The number of benzene rings is 3. The van der Waals surface area contributed by atoms with Crippen molar-refractivity contribution in [3.63, 3.8) is 0 Å². The van der Waals surface area contributed by atoms with E-state index in [1.165, 1.54) is 7.11 Å². The predicted octanol–water partition coefficient (Wildman–Crippen LogP) is 3.66. The highest BCUT2D eigenvalue weighted by Gasteiger charge is 2.19. The molecule has 1 aromatic heterocycles. The van der Waals surface area contributed by atoms with Crippen molar-refractivity contribution in [2.75, 3.05) is 32.4 Å². The summed E-state index contributed by atoms with van der Waals surface area (Å²) in [6.07, 6.45) is -0.629. The van der Waals surface area contributed by atoms with Crippen molar-refractivity contribution >= 4 is 5.69 Å². The summed E-state index contributed by atoms with van der Waals surface area (Å²) >= 11 is 0. The molecular formula is C26H26N4O5. The Morgan fingerprint density at radius 3 is 2.63 bits per heavy atom. The number of aliphatic hydroxyl groups is 1. The third kappa shape index (κ3) is 5.37. The van der Waals surface area contributed by atoms with Crippen molar-refractivity contribution in [1.29, 1.82) is 0 Å². The molecule has 0 saturated heterocycles. The van der Waals surface area contributed by atoms with Gasteiger partial charge in [0.25, 0.3) is 0 Å². The molecule has 5 rings (SSSR count). The molecule has 0 radical (unpaired) electrons. The number of aliphatic hydroxyl groups excluding tert-OH is 1. The highest BCUT2D eigenvalue weighted by atomic mass is 16.7. The van der Waals surface area contributed by atoms with E-state index in [-0.39, 0.29) is 19.4 Å². The smallest absolute Gasteiger partial charge is 0.336 e. The zero-order chi connectivity index (χ0) is 24.0. The number of aromatic nitrogens is 3. The van der Waals surface area contributed by atoms with Crippen molar-refractivity contribution in [2.45, 2.75) is 12.7 Å². The highest BCUT2D eigenvalue weighted by Crippen LogP contribution is 2.36. The molecule has 1 unspecified atom stereocenters. The Labute approximate surface area is 202 Å². The van der Waals surface area contributed by atoms with Crippen LogP contribution in [0.3, 0.4) is 0 Å². The zero-order valence-corrected chi connectivity index (χ0v) is 19.3. The van der Waals surface area contributed by atoms with Gasteiger partial charge in [-0.25, -0.2) is 4.68 Å². The molecule has 2 heterocycles. The molecule has 0 amide bonds. The van der Waals surface area contributed by atoms with Gasteiger partial charge in [-0.2, -0.15) is 4.98 Å². The molecule has 0 saturated carbocycles. The van der Waals surface area contributed by atoms with Crippen molar-refractivity contribution in [3.8, 4) is 34.6 Å². The van der Waals surface area contributed by atoms with Crippen molar-refractivity contribution < 1.29 is 24.1 Å². The van der Waals surface area contributed by atoms with Gasteiger partial charge in [0.1, 0.15) is 0 Å². The van der Waals surface area contributed by atoms with Crippen molar-refractivity contribution in [2.24, 2.45) is 0 Å². The molecule has 4 aromatic rings. The summed E-state index contributed by atoms with van der Waals surface area (Å²) in [6.45, 7) is 1.29. The van der Waals surface area contributed by atoms with Crippen molar-refractivity contribution in [3.05, 3.63) is 78.4 Å². The quantitative estimate of drug-likeness (QED) is 0.359. The van der Waals surface area contributed by atoms with E-state index >= 15 is 0 Å². The van der Waals surface area contributed by atoms with Gasteiger partial charge in [0, 0.05) is 17.8 Å². The molecule has 180 valence electrons. The van der Waals surface area contributed by atoms with E-state index in [0.717, 1.165) is 22.5 Å². The summed E-state index contributed by atoms with van der Waals surface area (Å²) in [6, 6.07) is 23.5. The lowest BCUT2D eigenvalue weighted by molar-refractivity contribution is 0.0348. The lowest BCUT2D eigenvalue weighted by atomic mass is 10.2. The van der Waals surface area contributed by atoms with Gasteiger partial charge in [-0.1, -0.05) is 30.3 Å². The van der Waals surface area contributed by atoms with Gasteiger partial charge < -0.3 is 29.4 Å². The largest absolute Gasteiger partial charge is 0.466 e. The fraction of sp³-hybridized carbons (Fsp3) is 0.231. The summed E-state index contributed by atoms with van der Waals surface area (Å²) in [7, 11) is 1.53. The van der Waals surface area contributed by atoms with E-state index in [9.17, 15) is 5.11 Å². The van der Waals surface area contributed by atoms with E-state index in [2.05, 4.69) is 15.4 Å². The minimum atomic E-state index is -0.629. The summed E-state index contributed by atoms with van der Waals surface area (Å²) < 4.78 is 23.5. The van der Waals surface area contributed by atoms with Crippen molar-refractivity contribution in [1.82, 2.24) is 14.8 Å². The van der Waals surface area contributed by atoms with Gasteiger partial charge in [0.15, 0.2) is 17.3 Å². The maximum Gasteiger partial charge on any atom is 0.336 e. The normalized spacial score (nSPS) is 13.0. The van der Waals surface area contributed by atoms with Crippen LogP contribution in [0.25, 0.3) is 17.1 Å². The Bertz CT molecular complexity index is 1260. The lowest BCUT2D eigenvalue weighted by Gasteiger charge is -2.14. The first-order chi connectivity index (χ1) is 17.2. The van der Waals surface area contributed by atoms with Crippen LogP contribution in [0.2, 0.25) is 0 Å². The van der Waals surface area contributed by atoms with Gasteiger partial charge >= 0.3 is 6.01 Å². The third-order valence-corrected chi connectivity index (χ3v) is 5.48. The molecule has 1 aliphatic rings. The van der Waals surface area contributed by atoms with Crippen LogP contribution in [0.15, 0.2) is 72.8 Å². The van der Waals surface area contributed by atoms with E-state index < -0.39 is 6.10 Å². The highest BCUT2D eigenvalue weighted by molar-refractivity contribution is 5.64. The number of hydrogen-bond donors (Lipinski definition) is 2. The standard InChI is InChI=1S/C26H26N4O5/c1-32-26-28-25(19-7-12-23-24(13-19)35-17-34-23)30(29-26)21-10-8-20(9-11-21)27-14-22(31)16-33-15-18-5-3-2-4-6-18/h2-13,22,27,31H,14-17H2,1H3. The van der Waals surface area contributed by atoms with Crippen LogP contribution in [0.4, 0.5) is 5.69 Å². The molecule has 2 N–H and O–H groups in total. The van der Waals surface area contributed by atoms with Gasteiger partial charge in [-0.15, -0.1) is 5.10 Å². The summed E-state index contributed by atoms with van der Waals surface area (Å²) in [5.41, 5.74) is 3.58. The second kappa shape index (κ2) is 10.5. The number of ether oxygens (including phenoxy) is 4. The Kier molecular flexibility index (Phi) is 6.78. The molecular weight excluding hydrogens is 448 g/mol. The van der Waals surface area contributed by atoms with E-state index in [0.29, 0.717) is 30.5 Å². The van der Waals surface area contributed by atoms with E-state index in [1.54, 1.807) is 4.68 Å². The number of anilines is 1. The fourth-order valence-corrected chi connectivity index (χ4v) is 3.68. The van der Waals surface area contributed by atoms with Crippen LogP contribution >= 0.6 is 0 Å². The molecule has 3 aromatic carbocycles. The number of rotatable bonds is 10. The molecule has 0 spiro atoms. The molecule has 0 fully saturated rings. The number of nitrogens with one attached hydrogen (secondary N) is 1. The maximum atomic E-state index is 10.2. The van der Waals surface area contributed by atoms with Crippen LogP contribution < -0.4 is 19.5 Å². The topological polar surface area (TPSA) is 99.9 Å². The number of fused-ring (bicyclic) bond motifs is 1. The predicted molar refractivity (Wildman–Crippen MR) is 130 cm³/mol. The average Bonchev–Trinajstić information content (AvgIpc) is 3.55. The Hall–Kier alpha value is -4.08. The third-order valence-electron chi connectivity index (χ3n) is 5.48.